The zero-order valence-corrected chi connectivity index (χ0v) is 8.43. The largest absolute Gasteiger partial charge is 0.481 e. The fraction of sp³-hybridized carbons (Fsp3) is 0.667. The molecule has 0 spiro atoms. The molecule has 0 aromatic heterocycles. The van der Waals surface area contributed by atoms with E-state index in [1.54, 1.807) is 0 Å². The Morgan fingerprint density at radius 3 is 2.67 bits per heavy atom. The lowest BCUT2D eigenvalue weighted by molar-refractivity contribution is -0.145. The van der Waals surface area contributed by atoms with Crippen LogP contribution in [0.4, 0.5) is 0 Å². The highest BCUT2D eigenvalue weighted by Crippen LogP contribution is 2.18. The molecule has 0 aliphatic carbocycles. The van der Waals surface area contributed by atoms with Gasteiger partial charge in [-0.3, -0.25) is 14.4 Å². The molecule has 15 heavy (non-hydrogen) atoms. The number of ether oxygens (including phenoxy) is 1. The Bertz CT molecular complexity index is 288. The van der Waals surface area contributed by atoms with Crippen molar-refractivity contribution in [3.05, 3.63) is 0 Å². The van der Waals surface area contributed by atoms with Gasteiger partial charge in [0.2, 0.25) is 5.91 Å². The summed E-state index contributed by atoms with van der Waals surface area (Å²) in [5.41, 5.74) is 0. The van der Waals surface area contributed by atoms with Crippen molar-refractivity contribution in [2.24, 2.45) is 5.92 Å². The standard InChI is InChI=1S/C9H13NO5/c1-15-9(14)6-2-3-10(5-6)7(11)4-8(12)13/h6H,2-5H2,1H3,(H,12,13). The average molecular weight is 215 g/mol. The summed E-state index contributed by atoms with van der Waals surface area (Å²) in [6.07, 6.45) is 0.0198. The number of aliphatic carboxylic acids is 1. The molecule has 0 radical (unpaired) electrons. The number of carboxylic acids is 1. The van der Waals surface area contributed by atoms with Crippen LogP contribution >= 0.6 is 0 Å². The first-order valence-corrected chi connectivity index (χ1v) is 4.62. The Kier molecular flexibility index (Phi) is 3.65. The Labute approximate surface area is 86.8 Å². The molecule has 1 saturated heterocycles. The van der Waals surface area contributed by atoms with Gasteiger partial charge in [-0.15, -0.1) is 0 Å². The maximum Gasteiger partial charge on any atom is 0.312 e. The molecule has 0 aromatic rings. The van der Waals surface area contributed by atoms with Crippen LogP contribution in [-0.2, 0) is 19.1 Å². The number of amides is 1. The molecule has 0 saturated carbocycles. The minimum absolute atomic E-state index is 0.263. The second-order valence-corrected chi connectivity index (χ2v) is 3.42. The zero-order chi connectivity index (χ0) is 11.4. The quantitative estimate of drug-likeness (QED) is 0.506. The molecule has 1 unspecified atom stereocenters. The van der Waals surface area contributed by atoms with Crippen LogP contribution in [0.1, 0.15) is 12.8 Å². The van der Waals surface area contributed by atoms with Crippen LogP contribution in [0.2, 0.25) is 0 Å². The number of likely N-dealkylation sites (tertiary alicyclic amines) is 1. The van der Waals surface area contributed by atoms with E-state index in [-0.39, 0.29) is 18.4 Å². The Morgan fingerprint density at radius 1 is 1.47 bits per heavy atom. The van der Waals surface area contributed by atoms with E-state index in [0.29, 0.717) is 13.0 Å². The van der Waals surface area contributed by atoms with E-state index in [1.807, 2.05) is 0 Å². The number of nitrogens with zero attached hydrogens (tertiary/aromatic N) is 1. The van der Waals surface area contributed by atoms with Gasteiger partial charge in [-0.05, 0) is 6.42 Å². The Morgan fingerprint density at radius 2 is 2.13 bits per heavy atom. The van der Waals surface area contributed by atoms with E-state index in [9.17, 15) is 14.4 Å². The monoisotopic (exact) mass is 215 g/mol. The van der Waals surface area contributed by atoms with Crippen LogP contribution < -0.4 is 0 Å². The van der Waals surface area contributed by atoms with E-state index in [4.69, 9.17) is 5.11 Å². The molecule has 1 atom stereocenters. The van der Waals surface area contributed by atoms with Gasteiger partial charge in [0.05, 0.1) is 13.0 Å². The number of carboxylic acid groups (broad SMARTS) is 1. The SMILES string of the molecule is COC(=O)C1CCN(C(=O)CC(=O)O)C1. The van der Waals surface area contributed by atoms with Crippen molar-refractivity contribution < 1.29 is 24.2 Å². The molecular weight excluding hydrogens is 202 g/mol. The summed E-state index contributed by atoms with van der Waals surface area (Å²) in [6, 6.07) is 0. The summed E-state index contributed by atoms with van der Waals surface area (Å²) in [5, 5.41) is 8.43. The lowest BCUT2D eigenvalue weighted by Crippen LogP contribution is -2.31. The van der Waals surface area contributed by atoms with Crippen LogP contribution in [-0.4, -0.2) is 48.1 Å². The van der Waals surface area contributed by atoms with Gasteiger partial charge in [0, 0.05) is 13.1 Å². The van der Waals surface area contributed by atoms with Crippen molar-refractivity contribution in [1.29, 1.82) is 0 Å². The molecule has 1 rings (SSSR count). The number of methoxy groups -OCH3 is 1. The van der Waals surface area contributed by atoms with Gasteiger partial charge in [0.25, 0.3) is 0 Å². The normalized spacial score (nSPS) is 20.1. The van der Waals surface area contributed by atoms with E-state index in [1.165, 1.54) is 12.0 Å². The number of carbonyl (C=O) groups is 3. The number of hydrogen-bond donors (Lipinski definition) is 1. The fourth-order valence-electron chi connectivity index (χ4n) is 1.59. The van der Waals surface area contributed by atoms with Crippen LogP contribution in [0, 0.1) is 5.92 Å². The first-order chi connectivity index (χ1) is 7.04. The van der Waals surface area contributed by atoms with Gasteiger partial charge >= 0.3 is 11.9 Å². The van der Waals surface area contributed by atoms with Crippen LogP contribution in [0.25, 0.3) is 0 Å². The molecule has 1 aliphatic rings. The number of hydrogen-bond acceptors (Lipinski definition) is 4. The summed E-state index contributed by atoms with van der Waals surface area (Å²) >= 11 is 0. The number of carbonyl (C=O) groups excluding carboxylic acids is 2. The summed E-state index contributed by atoms with van der Waals surface area (Å²) in [6.45, 7) is 0.685. The predicted octanol–water partition coefficient (Wildman–Crippen LogP) is -0.517. The van der Waals surface area contributed by atoms with Gasteiger partial charge in [-0.2, -0.15) is 0 Å². The average Bonchev–Trinajstić information content (AvgIpc) is 2.64. The van der Waals surface area contributed by atoms with Crippen molar-refractivity contribution in [3.8, 4) is 0 Å². The van der Waals surface area contributed by atoms with Crippen molar-refractivity contribution in [2.75, 3.05) is 20.2 Å². The smallest absolute Gasteiger partial charge is 0.312 e. The summed E-state index contributed by atoms with van der Waals surface area (Å²) < 4.78 is 4.55. The molecule has 6 nitrogen and oxygen atoms in total. The topological polar surface area (TPSA) is 83.9 Å². The molecule has 84 valence electrons. The number of rotatable bonds is 3. The van der Waals surface area contributed by atoms with Crippen molar-refractivity contribution in [2.45, 2.75) is 12.8 Å². The summed E-state index contributed by atoms with van der Waals surface area (Å²) in [5.74, 6) is -2.26. The molecule has 1 heterocycles. The lowest BCUT2D eigenvalue weighted by Gasteiger charge is -2.14. The van der Waals surface area contributed by atoms with Crippen LogP contribution in [0.5, 0.6) is 0 Å². The number of esters is 1. The van der Waals surface area contributed by atoms with Crippen molar-refractivity contribution in [3.63, 3.8) is 0 Å². The maximum atomic E-state index is 11.3. The third kappa shape index (κ3) is 2.93. The highest BCUT2D eigenvalue weighted by atomic mass is 16.5. The fourth-order valence-corrected chi connectivity index (χ4v) is 1.59. The zero-order valence-electron chi connectivity index (χ0n) is 8.43. The molecule has 0 aromatic carbocycles. The van der Waals surface area contributed by atoms with E-state index in [2.05, 4.69) is 4.74 Å². The molecule has 1 amide bonds. The van der Waals surface area contributed by atoms with E-state index in [0.717, 1.165) is 0 Å². The second-order valence-electron chi connectivity index (χ2n) is 3.42. The highest BCUT2D eigenvalue weighted by molar-refractivity contribution is 5.93. The Hall–Kier alpha value is -1.59. The van der Waals surface area contributed by atoms with Crippen LogP contribution in [0.3, 0.4) is 0 Å². The van der Waals surface area contributed by atoms with Gasteiger partial charge in [0.15, 0.2) is 0 Å². The summed E-state index contributed by atoms with van der Waals surface area (Å²) in [7, 11) is 1.30. The van der Waals surface area contributed by atoms with Crippen molar-refractivity contribution >= 4 is 17.8 Å². The minimum atomic E-state index is -1.15. The van der Waals surface area contributed by atoms with Gasteiger partial charge < -0.3 is 14.7 Å². The van der Waals surface area contributed by atoms with Crippen LogP contribution in [0.15, 0.2) is 0 Å². The Balaban J connectivity index is 2.45. The second kappa shape index (κ2) is 4.77. The summed E-state index contributed by atoms with van der Waals surface area (Å²) in [4.78, 5) is 34.1. The minimum Gasteiger partial charge on any atom is -0.481 e. The highest BCUT2D eigenvalue weighted by Gasteiger charge is 2.32. The van der Waals surface area contributed by atoms with Gasteiger partial charge in [-0.25, -0.2) is 0 Å². The molecule has 0 bridgehead atoms. The molecular formula is C9H13NO5. The first-order valence-electron chi connectivity index (χ1n) is 4.62. The van der Waals surface area contributed by atoms with E-state index >= 15 is 0 Å². The molecule has 1 aliphatic heterocycles. The predicted molar refractivity (Wildman–Crippen MR) is 49.0 cm³/mol. The van der Waals surface area contributed by atoms with E-state index < -0.39 is 18.3 Å². The van der Waals surface area contributed by atoms with Crippen molar-refractivity contribution in [1.82, 2.24) is 4.90 Å². The third-order valence-electron chi connectivity index (χ3n) is 2.38. The maximum absolute atomic E-state index is 11.3. The lowest BCUT2D eigenvalue weighted by atomic mass is 10.1. The van der Waals surface area contributed by atoms with Gasteiger partial charge in [-0.1, -0.05) is 0 Å². The molecule has 1 N–H and O–H groups in total. The third-order valence-corrected chi connectivity index (χ3v) is 2.38. The van der Waals surface area contributed by atoms with Gasteiger partial charge in [0.1, 0.15) is 6.42 Å². The molecule has 1 fully saturated rings. The molecule has 6 heteroatoms. The first kappa shape index (κ1) is 11.5.